The number of nitrogens with zero attached hydrogens (tertiary/aromatic N) is 3. The Morgan fingerprint density at radius 2 is 2.21 bits per heavy atom. The van der Waals surface area contributed by atoms with Crippen molar-refractivity contribution in [2.75, 3.05) is 0 Å². The second kappa shape index (κ2) is 4.60. The van der Waals surface area contributed by atoms with Crippen molar-refractivity contribution >= 4 is 17.1 Å². The molecule has 0 unspecified atom stereocenters. The highest BCUT2D eigenvalue weighted by Gasteiger charge is 2.37. The number of hydrogen-bond donors (Lipinski definition) is 2. The van der Waals surface area contributed by atoms with E-state index in [1.807, 2.05) is 0 Å². The van der Waals surface area contributed by atoms with Crippen LogP contribution in [0.25, 0.3) is 11.2 Å². The molecule has 0 atom stereocenters. The molecular formula is C13H16N4O2. The second-order valence-electron chi connectivity index (χ2n) is 5.40. The number of aliphatic carboxylic acids is 1. The Labute approximate surface area is 110 Å². The van der Waals surface area contributed by atoms with E-state index in [9.17, 15) is 4.79 Å². The smallest absolute Gasteiger partial charge is 0.303 e. The van der Waals surface area contributed by atoms with E-state index in [-0.39, 0.29) is 11.8 Å². The van der Waals surface area contributed by atoms with Crippen LogP contribution in [0.15, 0.2) is 12.5 Å². The minimum atomic E-state index is -0.724. The predicted octanol–water partition coefficient (Wildman–Crippen LogP) is 1.93. The lowest BCUT2D eigenvalue weighted by Crippen LogP contribution is -2.24. The first-order chi connectivity index (χ1) is 9.17. The van der Waals surface area contributed by atoms with Crippen LogP contribution in [-0.2, 0) is 11.2 Å². The third-order valence-electron chi connectivity index (χ3n) is 3.94. The Morgan fingerprint density at radius 3 is 2.89 bits per heavy atom. The van der Waals surface area contributed by atoms with Crippen molar-refractivity contribution < 1.29 is 9.90 Å². The van der Waals surface area contributed by atoms with E-state index in [0.29, 0.717) is 12.1 Å². The quantitative estimate of drug-likeness (QED) is 0.876. The summed E-state index contributed by atoms with van der Waals surface area (Å²) in [6.07, 6.45) is 8.18. The second-order valence-corrected chi connectivity index (χ2v) is 5.40. The molecule has 0 saturated heterocycles. The zero-order valence-corrected chi connectivity index (χ0v) is 10.6. The van der Waals surface area contributed by atoms with Gasteiger partial charge in [0.25, 0.3) is 0 Å². The number of carboxylic acids is 1. The maximum Gasteiger partial charge on any atom is 0.303 e. The highest BCUT2D eigenvalue weighted by Crippen LogP contribution is 2.43. The number of imidazole rings is 1. The van der Waals surface area contributed by atoms with E-state index in [2.05, 4.69) is 19.9 Å². The van der Waals surface area contributed by atoms with E-state index in [1.54, 1.807) is 6.20 Å². The van der Waals surface area contributed by atoms with Crippen molar-refractivity contribution in [2.45, 2.75) is 38.5 Å². The van der Waals surface area contributed by atoms with E-state index in [0.717, 1.165) is 37.0 Å². The van der Waals surface area contributed by atoms with Crippen molar-refractivity contribution in [1.82, 2.24) is 19.9 Å². The number of hydrogen-bond acceptors (Lipinski definition) is 4. The molecule has 2 heterocycles. The number of carbonyl (C=O) groups is 1. The Balaban J connectivity index is 1.87. The Bertz CT molecular complexity index is 568. The lowest BCUT2D eigenvalue weighted by Gasteiger charge is -2.25. The maximum atomic E-state index is 11.1. The van der Waals surface area contributed by atoms with Gasteiger partial charge in [0.1, 0.15) is 17.7 Å². The molecule has 0 aromatic carbocycles. The number of fused-ring (bicyclic) bond motifs is 1. The van der Waals surface area contributed by atoms with Crippen LogP contribution in [0.4, 0.5) is 0 Å². The molecule has 3 rings (SSSR count). The average molecular weight is 260 g/mol. The Morgan fingerprint density at radius 1 is 1.42 bits per heavy atom. The predicted molar refractivity (Wildman–Crippen MR) is 68.5 cm³/mol. The van der Waals surface area contributed by atoms with Crippen molar-refractivity contribution in [3.8, 4) is 0 Å². The van der Waals surface area contributed by atoms with Crippen LogP contribution in [-0.4, -0.2) is 31.0 Å². The van der Waals surface area contributed by atoms with E-state index in [4.69, 9.17) is 5.11 Å². The fourth-order valence-corrected chi connectivity index (χ4v) is 3.11. The molecule has 19 heavy (non-hydrogen) atoms. The zero-order valence-electron chi connectivity index (χ0n) is 10.6. The van der Waals surface area contributed by atoms with Crippen LogP contribution in [0.1, 0.15) is 37.9 Å². The molecule has 1 aliphatic rings. The number of H-pyrrole nitrogens is 1. The van der Waals surface area contributed by atoms with Gasteiger partial charge >= 0.3 is 5.97 Å². The monoisotopic (exact) mass is 260 g/mol. The van der Waals surface area contributed by atoms with Gasteiger partial charge in [0, 0.05) is 6.42 Å². The third-order valence-corrected chi connectivity index (χ3v) is 3.94. The van der Waals surface area contributed by atoms with Crippen molar-refractivity contribution in [1.29, 1.82) is 0 Å². The molecule has 0 aliphatic heterocycles. The number of rotatable bonds is 4. The molecule has 1 saturated carbocycles. The van der Waals surface area contributed by atoms with Gasteiger partial charge in [-0.25, -0.2) is 15.0 Å². The summed E-state index contributed by atoms with van der Waals surface area (Å²) in [6.45, 7) is 0. The van der Waals surface area contributed by atoms with Gasteiger partial charge in [-0.1, -0.05) is 12.8 Å². The summed E-state index contributed by atoms with van der Waals surface area (Å²) >= 11 is 0. The van der Waals surface area contributed by atoms with Gasteiger partial charge in [-0.3, -0.25) is 4.79 Å². The van der Waals surface area contributed by atoms with E-state index >= 15 is 0 Å². The summed E-state index contributed by atoms with van der Waals surface area (Å²) < 4.78 is 0. The summed E-state index contributed by atoms with van der Waals surface area (Å²) in [4.78, 5) is 26.7. The zero-order chi connectivity index (χ0) is 13.3. The molecule has 1 aliphatic carbocycles. The number of aromatic amines is 1. The fourth-order valence-electron chi connectivity index (χ4n) is 3.11. The Hall–Kier alpha value is -1.98. The highest BCUT2D eigenvalue weighted by atomic mass is 16.4. The molecular weight excluding hydrogens is 244 g/mol. The van der Waals surface area contributed by atoms with Crippen LogP contribution >= 0.6 is 0 Å². The standard InChI is InChI=1S/C13H16N4O2/c18-11(19)6-13(3-1-2-4-13)5-10-16-9-7-14-8-15-12(9)17-10/h7-8H,1-6H2,(H,18,19)(H,14,15,16,17). The van der Waals surface area contributed by atoms with Gasteiger partial charge in [0.2, 0.25) is 0 Å². The number of aromatic nitrogens is 4. The normalized spacial score (nSPS) is 17.9. The molecule has 100 valence electrons. The Kier molecular flexibility index (Phi) is 2.93. The van der Waals surface area contributed by atoms with Gasteiger partial charge in [-0.05, 0) is 18.3 Å². The molecule has 1 fully saturated rings. The fraction of sp³-hybridized carbons (Fsp3) is 0.538. The molecule has 0 radical (unpaired) electrons. The highest BCUT2D eigenvalue weighted by molar-refractivity contribution is 5.69. The summed E-state index contributed by atoms with van der Waals surface area (Å²) in [6, 6.07) is 0. The minimum Gasteiger partial charge on any atom is -0.481 e. The van der Waals surface area contributed by atoms with E-state index < -0.39 is 5.97 Å². The number of carboxylic acid groups (broad SMARTS) is 1. The van der Waals surface area contributed by atoms with Crippen LogP contribution in [0, 0.1) is 5.41 Å². The topological polar surface area (TPSA) is 91.8 Å². The number of nitrogens with one attached hydrogen (secondary N) is 1. The van der Waals surface area contributed by atoms with Crippen molar-refractivity contribution in [3.05, 3.63) is 18.3 Å². The first-order valence-corrected chi connectivity index (χ1v) is 6.53. The SMILES string of the molecule is O=C(O)CC1(Cc2nc3ncncc3[nH]2)CCCC1. The van der Waals surface area contributed by atoms with Gasteiger partial charge in [0.15, 0.2) is 5.65 Å². The first-order valence-electron chi connectivity index (χ1n) is 6.53. The van der Waals surface area contributed by atoms with E-state index in [1.165, 1.54) is 6.33 Å². The van der Waals surface area contributed by atoms with Crippen LogP contribution in [0.3, 0.4) is 0 Å². The van der Waals surface area contributed by atoms with Gasteiger partial charge in [-0.2, -0.15) is 0 Å². The van der Waals surface area contributed by atoms with Crippen LogP contribution in [0.5, 0.6) is 0 Å². The average Bonchev–Trinajstić information content (AvgIpc) is 2.94. The van der Waals surface area contributed by atoms with Crippen LogP contribution < -0.4 is 0 Å². The lowest BCUT2D eigenvalue weighted by molar-refractivity contribution is -0.139. The molecule has 0 bridgehead atoms. The van der Waals surface area contributed by atoms with Crippen molar-refractivity contribution in [2.24, 2.45) is 5.41 Å². The maximum absolute atomic E-state index is 11.1. The summed E-state index contributed by atoms with van der Waals surface area (Å²) in [7, 11) is 0. The summed E-state index contributed by atoms with van der Waals surface area (Å²) in [5, 5.41) is 9.10. The van der Waals surface area contributed by atoms with Gasteiger partial charge in [0.05, 0.1) is 12.6 Å². The van der Waals surface area contributed by atoms with Gasteiger partial charge < -0.3 is 10.1 Å². The van der Waals surface area contributed by atoms with Crippen LogP contribution in [0.2, 0.25) is 0 Å². The first kappa shape index (κ1) is 12.1. The van der Waals surface area contributed by atoms with Gasteiger partial charge in [-0.15, -0.1) is 0 Å². The molecule has 2 aromatic heterocycles. The largest absolute Gasteiger partial charge is 0.481 e. The molecule has 6 nitrogen and oxygen atoms in total. The summed E-state index contributed by atoms with van der Waals surface area (Å²) in [5.74, 6) is 0.0939. The summed E-state index contributed by atoms with van der Waals surface area (Å²) in [5.41, 5.74) is 1.31. The lowest BCUT2D eigenvalue weighted by atomic mass is 9.79. The molecule has 0 spiro atoms. The minimum absolute atomic E-state index is 0.146. The van der Waals surface area contributed by atoms with Crippen molar-refractivity contribution in [3.63, 3.8) is 0 Å². The molecule has 6 heteroatoms. The molecule has 0 amide bonds. The molecule has 2 aromatic rings. The third kappa shape index (κ3) is 2.43. The molecule has 2 N–H and O–H groups in total.